The summed E-state index contributed by atoms with van der Waals surface area (Å²) in [5.41, 5.74) is 2.73. The first-order valence-electron chi connectivity index (χ1n) is 6.60. The fourth-order valence-corrected chi connectivity index (χ4v) is 2.36. The maximum absolute atomic E-state index is 11.9. The summed E-state index contributed by atoms with van der Waals surface area (Å²) in [5, 5.41) is 6.77. The molecule has 0 unspecified atom stereocenters. The molecule has 0 aliphatic rings. The topological polar surface area (TPSA) is 41.1 Å². The van der Waals surface area contributed by atoms with Gasteiger partial charge in [-0.25, -0.2) is 0 Å². The van der Waals surface area contributed by atoms with Gasteiger partial charge in [0.2, 0.25) is 5.91 Å². The lowest BCUT2D eigenvalue weighted by atomic mass is 10.2. The average molecular weight is 368 g/mol. The van der Waals surface area contributed by atoms with Crippen molar-refractivity contribution in [2.75, 3.05) is 17.2 Å². The third-order valence-electron chi connectivity index (χ3n) is 3.00. The van der Waals surface area contributed by atoms with Gasteiger partial charge in [-0.1, -0.05) is 29.8 Å². The van der Waals surface area contributed by atoms with Gasteiger partial charge in [-0.3, -0.25) is 4.79 Å². The fraction of sp³-hybridized carbons (Fsp3) is 0.188. The van der Waals surface area contributed by atoms with Crippen LogP contribution >= 0.6 is 27.5 Å². The molecule has 2 aromatic rings. The van der Waals surface area contributed by atoms with E-state index in [2.05, 4.69) is 26.6 Å². The molecule has 0 heterocycles. The van der Waals surface area contributed by atoms with Gasteiger partial charge >= 0.3 is 0 Å². The number of aryl methyl sites for hydroxylation is 1. The second-order valence-electron chi connectivity index (χ2n) is 4.67. The standard InChI is InChI=1S/C16H16BrClN2O/c1-11-6-7-12(10-14(11)18)19-9-8-16(21)20-15-5-3-2-4-13(15)17/h2-7,10,19H,8-9H2,1H3,(H,20,21). The van der Waals surface area contributed by atoms with Crippen LogP contribution < -0.4 is 10.6 Å². The van der Waals surface area contributed by atoms with E-state index in [9.17, 15) is 4.79 Å². The number of carbonyl (C=O) groups is 1. The molecule has 2 N–H and O–H groups in total. The number of amides is 1. The molecular formula is C16H16BrClN2O. The summed E-state index contributed by atoms with van der Waals surface area (Å²) in [6.07, 6.45) is 0.382. The van der Waals surface area contributed by atoms with E-state index in [1.807, 2.05) is 49.4 Å². The highest BCUT2D eigenvalue weighted by atomic mass is 79.9. The van der Waals surface area contributed by atoms with Crippen LogP contribution in [0.2, 0.25) is 5.02 Å². The number of hydrogen-bond acceptors (Lipinski definition) is 2. The van der Waals surface area contributed by atoms with Crippen molar-refractivity contribution < 1.29 is 4.79 Å². The Bertz CT molecular complexity index is 646. The number of nitrogens with one attached hydrogen (secondary N) is 2. The maximum atomic E-state index is 11.9. The van der Waals surface area contributed by atoms with Gasteiger partial charge < -0.3 is 10.6 Å². The predicted molar refractivity (Wildman–Crippen MR) is 92.1 cm³/mol. The molecule has 0 aliphatic carbocycles. The predicted octanol–water partition coefficient (Wildman–Crippen LogP) is 4.85. The summed E-state index contributed by atoms with van der Waals surface area (Å²) in [7, 11) is 0. The molecule has 0 atom stereocenters. The Balaban J connectivity index is 1.82. The van der Waals surface area contributed by atoms with Crippen LogP contribution in [0, 0.1) is 6.92 Å². The Hall–Kier alpha value is -1.52. The first-order valence-corrected chi connectivity index (χ1v) is 7.78. The van der Waals surface area contributed by atoms with E-state index < -0.39 is 0 Å². The first kappa shape index (κ1) is 15.9. The van der Waals surface area contributed by atoms with Crippen LogP contribution in [0.1, 0.15) is 12.0 Å². The third kappa shape index (κ3) is 4.76. The van der Waals surface area contributed by atoms with E-state index in [1.54, 1.807) is 0 Å². The quantitative estimate of drug-likeness (QED) is 0.793. The molecule has 0 radical (unpaired) electrons. The second kappa shape index (κ2) is 7.48. The number of carbonyl (C=O) groups excluding carboxylic acids is 1. The number of anilines is 2. The maximum Gasteiger partial charge on any atom is 0.226 e. The molecule has 0 fully saturated rings. The lowest BCUT2D eigenvalue weighted by Gasteiger charge is -2.09. The van der Waals surface area contributed by atoms with Crippen molar-refractivity contribution in [3.8, 4) is 0 Å². The molecule has 2 rings (SSSR count). The van der Waals surface area contributed by atoms with Crippen LogP contribution in [-0.4, -0.2) is 12.5 Å². The lowest BCUT2D eigenvalue weighted by Crippen LogP contribution is -2.16. The Kier molecular flexibility index (Phi) is 5.65. The van der Waals surface area contributed by atoms with Crippen LogP contribution in [0.4, 0.5) is 11.4 Å². The third-order valence-corrected chi connectivity index (χ3v) is 4.10. The van der Waals surface area contributed by atoms with Gasteiger partial charge in [-0.05, 0) is 52.7 Å². The zero-order valence-electron chi connectivity index (χ0n) is 11.6. The molecule has 0 spiro atoms. The zero-order chi connectivity index (χ0) is 15.2. The van der Waals surface area contributed by atoms with Crippen LogP contribution in [-0.2, 0) is 4.79 Å². The molecule has 0 aromatic heterocycles. The van der Waals surface area contributed by atoms with Gasteiger partial charge in [0, 0.05) is 28.1 Å². The monoisotopic (exact) mass is 366 g/mol. The molecule has 0 bridgehead atoms. The molecule has 3 nitrogen and oxygen atoms in total. The summed E-state index contributed by atoms with van der Waals surface area (Å²) < 4.78 is 0.872. The average Bonchev–Trinajstić information content (AvgIpc) is 2.45. The van der Waals surface area contributed by atoms with Gasteiger partial charge in [0.1, 0.15) is 0 Å². The van der Waals surface area contributed by atoms with Crippen molar-refractivity contribution in [3.63, 3.8) is 0 Å². The summed E-state index contributed by atoms with van der Waals surface area (Å²) in [5.74, 6) is -0.0346. The molecule has 5 heteroatoms. The van der Waals surface area contributed by atoms with Crippen molar-refractivity contribution in [2.24, 2.45) is 0 Å². The minimum absolute atomic E-state index is 0.0346. The van der Waals surface area contributed by atoms with Crippen molar-refractivity contribution in [3.05, 3.63) is 57.5 Å². The van der Waals surface area contributed by atoms with E-state index in [0.717, 1.165) is 26.4 Å². The number of rotatable bonds is 5. The minimum atomic E-state index is -0.0346. The molecule has 1 amide bonds. The van der Waals surface area contributed by atoms with E-state index in [0.29, 0.717) is 13.0 Å². The molecule has 110 valence electrons. The van der Waals surface area contributed by atoms with Crippen molar-refractivity contribution >= 4 is 44.8 Å². The Morgan fingerprint density at radius 1 is 1.24 bits per heavy atom. The number of halogens is 2. The van der Waals surface area contributed by atoms with Crippen LogP contribution in [0.25, 0.3) is 0 Å². The summed E-state index contributed by atoms with van der Waals surface area (Å²) in [6, 6.07) is 13.3. The van der Waals surface area contributed by atoms with Crippen LogP contribution in [0.15, 0.2) is 46.9 Å². The lowest BCUT2D eigenvalue weighted by molar-refractivity contribution is -0.115. The summed E-state index contributed by atoms with van der Waals surface area (Å²) >= 11 is 9.45. The van der Waals surface area contributed by atoms with Crippen molar-refractivity contribution in [1.29, 1.82) is 0 Å². The van der Waals surface area contributed by atoms with Gasteiger partial charge in [0.25, 0.3) is 0 Å². The van der Waals surface area contributed by atoms with E-state index >= 15 is 0 Å². The molecule has 0 aliphatic heterocycles. The molecular weight excluding hydrogens is 352 g/mol. The first-order chi connectivity index (χ1) is 10.1. The largest absolute Gasteiger partial charge is 0.384 e. The van der Waals surface area contributed by atoms with Gasteiger partial charge in [0.15, 0.2) is 0 Å². The van der Waals surface area contributed by atoms with Crippen LogP contribution in [0.5, 0.6) is 0 Å². The number of benzene rings is 2. The van der Waals surface area contributed by atoms with Gasteiger partial charge in [-0.2, -0.15) is 0 Å². The number of para-hydroxylation sites is 1. The van der Waals surface area contributed by atoms with Crippen molar-refractivity contribution in [1.82, 2.24) is 0 Å². The SMILES string of the molecule is Cc1ccc(NCCC(=O)Nc2ccccc2Br)cc1Cl. The molecule has 21 heavy (non-hydrogen) atoms. The van der Waals surface area contributed by atoms with E-state index in [1.165, 1.54) is 0 Å². The number of hydrogen-bond donors (Lipinski definition) is 2. The van der Waals surface area contributed by atoms with Gasteiger partial charge in [0.05, 0.1) is 5.69 Å². The highest BCUT2D eigenvalue weighted by Crippen LogP contribution is 2.22. The van der Waals surface area contributed by atoms with E-state index in [4.69, 9.17) is 11.6 Å². The molecule has 2 aromatic carbocycles. The second-order valence-corrected chi connectivity index (χ2v) is 5.93. The normalized spacial score (nSPS) is 10.2. The van der Waals surface area contributed by atoms with Crippen molar-refractivity contribution in [2.45, 2.75) is 13.3 Å². The van der Waals surface area contributed by atoms with Crippen LogP contribution in [0.3, 0.4) is 0 Å². The fourth-order valence-electron chi connectivity index (χ4n) is 1.80. The Morgan fingerprint density at radius 2 is 2.00 bits per heavy atom. The Labute approximate surface area is 137 Å². The molecule has 0 saturated heterocycles. The summed E-state index contributed by atoms with van der Waals surface area (Å²) in [4.78, 5) is 11.9. The van der Waals surface area contributed by atoms with Gasteiger partial charge in [-0.15, -0.1) is 0 Å². The highest BCUT2D eigenvalue weighted by molar-refractivity contribution is 9.10. The Morgan fingerprint density at radius 3 is 2.71 bits per heavy atom. The smallest absolute Gasteiger partial charge is 0.226 e. The zero-order valence-corrected chi connectivity index (χ0v) is 14.0. The molecule has 0 saturated carbocycles. The minimum Gasteiger partial charge on any atom is -0.384 e. The highest BCUT2D eigenvalue weighted by Gasteiger charge is 2.05. The van der Waals surface area contributed by atoms with E-state index in [-0.39, 0.29) is 5.91 Å². The summed E-state index contributed by atoms with van der Waals surface area (Å²) in [6.45, 7) is 2.51.